The van der Waals surface area contributed by atoms with Crippen molar-refractivity contribution in [2.24, 2.45) is 12.8 Å². The van der Waals surface area contributed by atoms with Gasteiger partial charge in [-0.05, 0) is 25.3 Å². The Kier molecular flexibility index (Phi) is 3.57. The molecule has 0 amide bonds. The molecule has 3 nitrogen and oxygen atoms in total. The number of hydrogen-bond acceptors (Lipinski definition) is 2. The fraction of sp³-hybridized carbons (Fsp3) is 0.667. The lowest BCUT2D eigenvalue weighted by molar-refractivity contribution is 0.144. The first-order chi connectivity index (χ1) is 6.50. The SMILES string of the molecule is CC(N)CCc1cn(C)nc1C(F)F. The molecule has 0 saturated heterocycles. The van der Waals surface area contributed by atoms with E-state index in [0.29, 0.717) is 18.4 Å². The van der Waals surface area contributed by atoms with Crippen LogP contribution in [0.2, 0.25) is 0 Å². The number of halogens is 2. The molecule has 0 aromatic carbocycles. The molecule has 1 heterocycles. The lowest BCUT2D eigenvalue weighted by atomic mass is 10.1. The van der Waals surface area contributed by atoms with Crippen LogP contribution in [0.1, 0.15) is 31.0 Å². The number of hydrogen-bond donors (Lipinski definition) is 1. The molecular formula is C9H15F2N3. The zero-order valence-corrected chi connectivity index (χ0v) is 8.37. The highest BCUT2D eigenvalue weighted by Crippen LogP contribution is 2.22. The fourth-order valence-corrected chi connectivity index (χ4v) is 1.31. The summed E-state index contributed by atoms with van der Waals surface area (Å²) in [5.74, 6) is 0. The highest BCUT2D eigenvalue weighted by molar-refractivity contribution is 5.18. The van der Waals surface area contributed by atoms with Crippen LogP contribution >= 0.6 is 0 Å². The molecule has 5 heteroatoms. The topological polar surface area (TPSA) is 43.8 Å². The largest absolute Gasteiger partial charge is 0.328 e. The van der Waals surface area contributed by atoms with Crippen molar-refractivity contribution in [2.45, 2.75) is 32.2 Å². The van der Waals surface area contributed by atoms with Gasteiger partial charge in [0.05, 0.1) is 0 Å². The quantitative estimate of drug-likeness (QED) is 0.808. The van der Waals surface area contributed by atoms with Crippen LogP contribution in [-0.4, -0.2) is 15.8 Å². The molecule has 0 bridgehead atoms. The van der Waals surface area contributed by atoms with Crippen molar-refractivity contribution in [2.75, 3.05) is 0 Å². The monoisotopic (exact) mass is 203 g/mol. The third-order valence-electron chi connectivity index (χ3n) is 2.01. The summed E-state index contributed by atoms with van der Waals surface area (Å²) >= 11 is 0. The Morgan fingerprint density at radius 3 is 2.71 bits per heavy atom. The zero-order chi connectivity index (χ0) is 10.7. The minimum absolute atomic E-state index is 0.0285. The second-order valence-electron chi connectivity index (χ2n) is 3.53. The predicted octanol–water partition coefficient (Wildman–Crippen LogP) is 1.64. The van der Waals surface area contributed by atoms with Crippen molar-refractivity contribution >= 4 is 0 Å². The number of nitrogens with zero attached hydrogens (tertiary/aromatic N) is 2. The van der Waals surface area contributed by atoms with E-state index in [1.165, 1.54) is 4.68 Å². The van der Waals surface area contributed by atoms with Gasteiger partial charge in [0.2, 0.25) is 0 Å². The van der Waals surface area contributed by atoms with Crippen LogP contribution in [0.4, 0.5) is 8.78 Å². The van der Waals surface area contributed by atoms with Crippen LogP contribution in [0, 0.1) is 0 Å². The summed E-state index contributed by atoms with van der Waals surface area (Å²) in [7, 11) is 1.64. The van der Waals surface area contributed by atoms with E-state index in [2.05, 4.69) is 5.10 Å². The number of aromatic nitrogens is 2. The first-order valence-electron chi connectivity index (χ1n) is 4.57. The Morgan fingerprint density at radius 2 is 2.21 bits per heavy atom. The first-order valence-corrected chi connectivity index (χ1v) is 4.57. The average Bonchev–Trinajstić information content (AvgIpc) is 2.43. The standard InChI is InChI=1S/C9H15F2N3/c1-6(12)3-4-7-5-14(2)13-8(7)9(10)11/h5-6,9H,3-4,12H2,1-2H3. The molecule has 0 aliphatic heterocycles. The highest BCUT2D eigenvalue weighted by atomic mass is 19.3. The molecule has 0 aliphatic carbocycles. The van der Waals surface area contributed by atoms with E-state index in [4.69, 9.17) is 5.73 Å². The van der Waals surface area contributed by atoms with Gasteiger partial charge in [-0.25, -0.2) is 8.78 Å². The zero-order valence-electron chi connectivity index (χ0n) is 8.37. The molecule has 1 atom stereocenters. The molecule has 1 unspecified atom stereocenters. The molecule has 0 fully saturated rings. The molecule has 0 saturated carbocycles. The maximum Gasteiger partial charge on any atom is 0.282 e. The summed E-state index contributed by atoms with van der Waals surface area (Å²) in [4.78, 5) is 0. The van der Waals surface area contributed by atoms with Gasteiger partial charge in [-0.15, -0.1) is 0 Å². The van der Waals surface area contributed by atoms with E-state index in [0.717, 1.165) is 0 Å². The van der Waals surface area contributed by atoms with E-state index in [1.54, 1.807) is 13.2 Å². The summed E-state index contributed by atoms with van der Waals surface area (Å²) in [6.07, 6.45) is 0.389. The van der Waals surface area contributed by atoms with E-state index >= 15 is 0 Å². The van der Waals surface area contributed by atoms with Gasteiger partial charge in [0.1, 0.15) is 5.69 Å². The van der Waals surface area contributed by atoms with Crippen LogP contribution < -0.4 is 5.73 Å². The Labute approximate surface area is 81.9 Å². The third-order valence-corrected chi connectivity index (χ3v) is 2.01. The Bertz CT molecular complexity index is 294. The van der Waals surface area contributed by atoms with E-state index < -0.39 is 6.43 Å². The summed E-state index contributed by atoms with van der Waals surface area (Å²) in [5.41, 5.74) is 6.04. The normalized spacial score (nSPS) is 13.6. The molecule has 0 aliphatic rings. The van der Waals surface area contributed by atoms with Crippen LogP contribution in [-0.2, 0) is 13.5 Å². The fourth-order valence-electron chi connectivity index (χ4n) is 1.31. The minimum atomic E-state index is -2.50. The van der Waals surface area contributed by atoms with Crippen LogP contribution in [0.15, 0.2) is 6.20 Å². The van der Waals surface area contributed by atoms with Crippen molar-refractivity contribution in [1.82, 2.24) is 9.78 Å². The molecule has 0 radical (unpaired) electrons. The van der Waals surface area contributed by atoms with Gasteiger partial charge in [0.25, 0.3) is 6.43 Å². The van der Waals surface area contributed by atoms with E-state index in [1.807, 2.05) is 6.92 Å². The van der Waals surface area contributed by atoms with Crippen LogP contribution in [0.25, 0.3) is 0 Å². The highest BCUT2D eigenvalue weighted by Gasteiger charge is 2.17. The maximum absolute atomic E-state index is 12.5. The summed E-state index contributed by atoms with van der Waals surface area (Å²) in [6, 6.07) is 0.0285. The van der Waals surface area contributed by atoms with Crippen molar-refractivity contribution in [3.05, 3.63) is 17.5 Å². The molecule has 2 N–H and O–H groups in total. The van der Waals surface area contributed by atoms with Crippen molar-refractivity contribution in [1.29, 1.82) is 0 Å². The number of alkyl halides is 2. The van der Waals surface area contributed by atoms with Crippen LogP contribution in [0.3, 0.4) is 0 Å². The summed E-state index contributed by atoms with van der Waals surface area (Å²) < 4.78 is 26.3. The lowest BCUT2D eigenvalue weighted by Crippen LogP contribution is -2.15. The maximum atomic E-state index is 12.5. The second kappa shape index (κ2) is 4.50. The summed E-state index contributed by atoms with van der Waals surface area (Å²) in [6.45, 7) is 1.86. The molecule has 1 rings (SSSR count). The van der Waals surface area contributed by atoms with Crippen molar-refractivity contribution in [3.8, 4) is 0 Å². The third kappa shape index (κ3) is 2.77. The van der Waals surface area contributed by atoms with Gasteiger partial charge in [-0.3, -0.25) is 4.68 Å². The van der Waals surface area contributed by atoms with Gasteiger partial charge < -0.3 is 5.73 Å². The van der Waals surface area contributed by atoms with Gasteiger partial charge in [0, 0.05) is 19.3 Å². The molecule has 14 heavy (non-hydrogen) atoms. The molecule has 0 spiro atoms. The van der Waals surface area contributed by atoms with Crippen molar-refractivity contribution < 1.29 is 8.78 Å². The number of rotatable bonds is 4. The van der Waals surface area contributed by atoms with Gasteiger partial charge >= 0.3 is 0 Å². The Hall–Kier alpha value is -0.970. The Balaban J connectivity index is 2.74. The van der Waals surface area contributed by atoms with Gasteiger partial charge in [-0.2, -0.15) is 5.10 Å². The predicted molar refractivity (Wildman–Crippen MR) is 50.1 cm³/mol. The van der Waals surface area contributed by atoms with Gasteiger partial charge in [0.15, 0.2) is 0 Å². The summed E-state index contributed by atoms with van der Waals surface area (Å²) in [5, 5.41) is 3.71. The molecular weight excluding hydrogens is 188 g/mol. The Morgan fingerprint density at radius 1 is 1.57 bits per heavy atom. The number of nitrogens with two attached hydrogens (primary N) is 1. The van der Waals surface area contributed by atoms with Crippen molar-refractivity contribution in [3.63, 3.8) is 0 Å². The number of aryl methyl sites for hydroxylation is 2. The van der Waals surface area contributed by atoms with E-state index in [-0.39, 0.29) is 11.7 Å². The molecule has 1 aromatic heterocycles. The van der Waals surface area contributed by atoms with E-state index in [9.17, 15) is 8.78 Å². The average molecular weight is 203 g/mol. The molecule has 80 valence electrons. The smallest absolute Gasteiger partial charge is 0.282 e. The first kappa shape index (κ1) is 11.1. The second-order valence-corrected chi connectivity index (χ2v) is 3.53. The minimum Gasteiger partial charge on any atom is -0.328 e. The van der Waals surface area contributed by atoms with Gasteiger partial charge in [-0.1, -0.05) is 0 Å². The van der Waals surface area contributed by atoms with Crippen LogP contribution in [0.5, 0.6) is 0 Å². The lowest BCUT2D eigenvalue weighted by Gasteiger charge is -2.04. The molecule has 1 aromatic rings.